The van der Waals surface area contributed by atoms with Crippen LogP contribution in [0.2, 0.25) is 0 Å². The third-order valence-corrected chi connectivity index (χ3v) is 8.10. The third-order valence-electron chi connectivity index (χ3n) is 8.10. The van der Waals surface area contributed by atoms with E-state index in [1.807, 2.05) is 55.1 Å². The smallest absolute Gasteiger partial charge is 0.316 e. The molecule has 2 heterocycles. The first-order valence-electron chi connectivity index (χ1n) is 13.7. The van der Waals surface area contributed by atoms with Crippen LogP contribution in [0.25, 0.3) is 22.5 Å². The highest BCUT2D eigenvalue weighted by atomic mass is 16.5. The first-order chi connectivity index (χ1) is 19.0. The molecule has 0 saturated heterocycles. The molecule has 1 aromatic heterocycles. The van der Waals surface area contributed by atoms with Crippen molar-refractivity contribution in [2.75, 3.05) is 6.61 Å². The molecule has 1 saturated carbocycles. The van der Waals surface area contributed by atoms with Crippen molar-refractivity contribution >= 4 is 11.9 Å². The Morgan fingerprint density at radius 3 is 2.08 bits per heavy atom. The van der Waals surface area contributed by atoms with Gasteiger partial charge in [-0.1, -0.05) is 78.0 Å². The molecule has 6 heteroatoms. The number of aromatic nitrogens is 1. The van der Waals surface area contributed by atoms with Gasteiger partial charge in [-0.05, 0) is 60.9 Å². The second-order valence-corrected chi connectivity index (χ2v) is 10.6. The molecule has 198 valence electrons. The van der Waals surface area contributed by atoms with E-state index in [9.17, 15) is 9.59 Å². The number of carbonyl (C=O) groups excluding carboxylic acids is 2. The Morgan fingerprint density at radius 2 is 1.49 bits per heavy atom. The lowest BCUT2D eigenvalue weighted by molar-refractivity contribution is -0.146. The Morgan fingerprint density at radius 1 is 0.897 bits per heavy atom. The van der Waals surface area contributed by atoms with Crippen LogP contribution in [-0.4, -0.2) is 28.5 Å². The van der Waals surface area contributed by atoms with Crippen LogP contribution in [-0.2, 0) is 39.3 Å². The monoisotopic (exact) mass is 520 g/mol. The fourth-order valence-electron chi connectivity index (χ4n) is 5.61. The minimum Gasteiger partial charge on any atom is -0.465 e. The van der Waals surface area contributed by atoms with Gasteiger partial charge in [-0.3, -0.25) is 9.59 Å². The van der Waals surface area contributed by atoms with Gasteiger partial charge >= 0.3 is 5.97 Å². The Bertz CT molecular complexity index is 1490. The lowest BCUT2D eigenvalue weighted by Gasteiger charge is -2.15. The van der Waals surface area contributed by atoms with Crippen LogP contribution in [0.3, 0.4) is 0 Å². The number of rotatable bonds is 8. The fourth-order valence-corrected chi connectivity index (χ4v) is 5.61. The highest BCUT2D eigenvalue weighted by Gasteiger charge is 2.52. The molecule has 1 aliphatic carbocycles. The molecule has 4 aromatic rings. The molecular weight excluding hydrogens is 488 g/mol. The van der Waals surface area contributed by atoms with Gasteiger partial charge in [0, 0.05) is 30.6 Å². The zero-order valence-corrected chi connectivity index (χ0v) is 22.4. The van der Waals surface area contributed by atoms with Crippen LogP contribution < -0.4 is 0 Å². The molecule has 39 heavy (non-hydrogen) atoms. The van der Waals surface area contributed by atoms with E-state index in [4.69, 9.17) is 9.26 Å². The van der Waals surface area contributed by atoms with E-state index in [1.165, 1.54) is 11.1 Å². The highest BCUT2D eigenvalue weighted by molar-refractivity contribution is 5.87. The zero-order chi connectivity index (χ0) is 27.0. The van der Waals surface area contributed by atoms with Gasteiger partial charge in [-0.2, -0.15) is 0 Å². The quantitative estimate of drug-likeness (QED) is 0.252. The summed E-state index contributed by atoms with van der Waals surface area (Å²) >= 11 is 0. The summed E-state index contributed by atoms with van der Waals surface area (Å²) in [7, 11) is 0. The average molecular weight is 521 g/mol. The van der Waals surface area contributed by atoms with Crippen molar-refractivity contribution in [3.63, 3.8) is 0 Å². The van der Waals surface area contributed by atoms with Gasteiger partial charge in [0.05, 0.1) is 17.7 Å². The van der Waals surface area contributed by atoms with E-state index in [0.29, 0.717) is 32.5 Å². The lowest BCUT2D eigenvalue weighted by Crippen LogP contribution is -2.25. The van der Waals surface area contributed by atoms with Crippen LogP contribution in [0.4, 0.5) is 0 Å². The van der Waals surface area contributed by atoms with Gasteiger partial charge < -0.3 is 14.2 Å². The number of carbonyl (C=O) groups is 2. The number of fused-ring (bicyclic) bond motifs is 1. The largest absolute Gasteiger partial charge is 0.465 e. The summed E-state index contributed by atoms with van der Waals surface area (Å²) in [6.07, 6.45) is 2.69. The summed E-state index contributed by atoms with van der Waals surface area (Å²) in [6.45, 7) is 5.53. The second-order valence-electron chi connectivity index (χ2n) is 10.6. The minimum absolute atomic E-state index is 0.118. The topological polar surface area (TPSA) is 72.6 Å². The molecule has 0 unspecified atom stereocenters. The van der Waals surface area contributed by atoms with Crippen LogP contribution >= 0.6 is 0 Å². The standard InChI is InChI=1S/C33H32N2O4/c1-3-38-32(37)33(18-19-33)28-14-12-24(13-15-28)23-8-10-25(11-9-23)31-29(22(2)34-39-31)16-17-30(36)35-20-26-6-4-5-7-27(26)21-35/h4-15H,3,16-21H2,1-2H3. The maximum atomic E-state index is 13.0. The zero-order valence-electron chi connectivity index (χ0n) is 22.4. The van der Waals surface area contributed by atoms with E-state index in [0.717, 1.165) is 52.1 Å². The number of benzene rings is 3. The van der Waals surface area contributed by atoms with E-state index >= 15 is 0 Å². The maximum absolute atomic E-state index is 13.0. The Balaban J connectivity index is 1.13. The van der Waals surface area contributed by atoms with Gasteiger partial charge in [-0.15, -0.1) is 0 Å². The summed E-state index contributed by atoms with van der Waals surface area (Å²) in [5.74, 6) is 0.747. The van der Waals surface area contributed by atoms with Crippen molar-refractivity contribution in [2.45, 2.75) is 58.0 Å². The number of ether oxygens (including phenoxy) is 1. The molecular formula is C33H32N2O4. The predicted molar refractivity (Wildman–Crippen MR) is 149 cm³/mol. The van der Waals surface area contributed by atoms with Crippen molar-refractivity contribution in [1.82, 2.24) is 10.1 Å². The van der Waals surface area contributed by atoms with Gasteiger partial charge in [-0.25, -0.2) is 0 Å². The van der Waals surface area contributed by atoms with Crippen molar-refractivity contribution in [3.8, 4) is 22.5 Å². The van der Waals surface area contributed by atoms with Crippen LogP contribution in [0.1, 0.15) is 54.1 Å². The molecule has 3 aromatic carbocycles. The van der Waals surface area contributed by atoms with E-state index < -0.39 is 5.41 Å². The van der Waals surface area contributed by atoms with Crippen LogP contribution in [0.5, 0.6) is 0 Å². The molecule has 1 aliphatic heterocycles. The van der Waals surface area contributed by atoms with Gasteiger partial charge in [0.1, 0.15) is 0 Å². The number of nitrogens with zero attached hydrogens (tertiary/aromatic N) is 2. The molecule has 0 spiro atoms. The Hall–Kier alpha value is -4.19. The molecule has 6 rings (SSSR count). The molecule has 2 aliphatic rings. The van der Waals surface area contributed by atoms with Gasteiger partial charge in [0.25, 0.3) is 0 Å². The summed E-state index contributed by atoms with van der Waals surface area (Å²) in [5, 5.41) is 4.21. The number of aryl methyl sites for hydroxylation is 1. The second kappa shape index (κ2) is 10.2. The van der Waals surface area contributed by atoms with Gasteiger partial charge in [0.15, 0.2) is 5.76 Å². The molecule has 0 radical (unpaired) electrons. The summed E-state index contributed by atoms with van der Waals surface area (Å²) in [4.78, 5) is 27.3. The van der Waals surface area contributed by atoms with Crippen molar-refractivity contribution in [2.24, 2.45) is 0 Å². The summed E-state index contributed by atoms with van der Waals surface area (Å²) in [6, 6.07) is 24.7. The molecule has 0 atom stereocenters. The van der Waals surface area contributed by atoms with Crippen LogP contribution in [0.15, 0.2) is 77.3 Å². The van der Waals surface area contributed by atoms with E-state index in [-0.39, 0.29) is 11.9 Å². The SMILES string of the molecule is CCOC(=O)C1(c2ccc(-c3ccc(-c4onc(C)c4CCC(=O)N4Cc5ccccc5C4)cc3)cc2)CC1. The third kappa shape index (κ3) is 4.76. The molecule has 1 fully saturated rings. The lowest BCUT2D eigenvalue weighted by atomic mass is 9.93. The minimum atomic E-state index is -0.459. The van der Waals surface area contributed by atoms with Crippen LogP contribution in [0, 0.1) is 6.92 Å². The number of hydrogen-bond acceptors (Lipinski definition) is 5. The fraction of sp³-hybridized carbons (Fsp3) is 0.303. The maximum Gasteiger partial charge on any atom is 0.316 e. The van der Waals surface area contributed by atoms with Crippen molar-refractivity contribution < 1.29 is 18.8 Å². The number of hydrogen-bond donors (Lipinski definition) is 0. The Kier molecular flexibility index (Phi) is 6.55. The van der Waals surface area contributed by atoms with E-state index in [1.54, 1.807) is 0 Å². The number of esters is 1. The Labute approximate surface area is 228 Å². The first kappa shape index (κ1) is 25.1. The normalized spacial score (nSPS) is 15.2. The number of amides is 1. The first-order valence-corrected chi connectivity index (χ1v) is 13.7. The summed E-state index contributed by atoms with van der Waals surface area (Å²) in [5.41, 5.74) is 7.91. The predicted octanol–water partition coefficient (Wildman–Crippen LogP) is 6.39. The highest BCUT2D eigenvalue weighted by Crippen LogP contribution is 2.49. The molecule has 0 N–H and O–H groups in total. The van der Waals surface area contributed by atoms with Gasteiger partial charge in [0.2, 0.25) is 5.91 Å². The van der Waals surface area contributed by atoms with E-state index in [2.05, 4.69) is 41.6 Å². The average Bonchev–Trinajstić information content (AvgIpc) is 3.53. The molecule has 0 bridgehead atoms. The molecule has 6 nitrogen and oxygen atoms in total. The molecule has 1 amide bonds. The van der Waals surface area contributed by atoms with Crippen molar-refractivity contribution in [1.29, 1.82) is 0 Å². The van der Waals surface area contributed by atoms with Crippen molar-refractivity contribution in [3.05, 3.63) is 101 Å². The summed E-state index contributed by atoms with van der Waals surface area (Å²) < 4.78 is 11.0.